The van der Waals surface area contributed by atoms with Crippen LogP contribution in [0.5, 0.6) is 0 Å². The molecule has 0 saturated carbocycles. The molecule has 1 aromatic carbocycles. The van der Waals surface area contributed by atoms with Crippen molar-refractivity contribution >= 4 is 23.6 Å². The first-order valence-corrected chi connectivity index (χ1v) is 11.3. The van der Waals surface area contributed by atoms with Gasteiger partial charge in [0.05, 0.1) is 0 Å². The monoisotopic (exact) mass is 444 g/mol. The van der Waals surface area contributed by atoms with Crippen molar-refractivity contribution in [3.8, 4) is 0 Å². The number of carbonyl (C=O) groups excluding carboxylic acids is 4. The summed E-state index contributed by atoms with van der Waals surface area (Å²) in [5, 5.41) is 17.3. The van der Waals surface area contributed by atoms with Crippen molar-refractivity contribution < 1.29 is 24.3 Å². The lowest BCUT2D eigenvalue weighted by Crippen LogP contribution is -2.61. The topological polar surface area (TPSA) is 128 Å². The third-order valence-electron chi connectivity index (χ3n) is 6.02. The highest BCUT2D eigenvalue weighted by molar-refractivity contribution is 5.97. The van der Waals surface area contributed by atoms with E-state index in [0.717, 1.165) is 5.56 Å². The molecule has 4 N–H and O–H groups in total. The highest BCUT2D eigenvalue weighted by atomic mass is 16.3. The van der Waals surface area contributed by atoms with E-state index < -0.39 is 36.0 Å². The summed E-state index contributed by atoms with van der Waals surface area (Å²) in [4.78, 5) is 53.6. The second kappa shape index (κ2) is 11.1. The van der Waals surface area contributed by atoms with Gasteiger partial charge in [0.15, 0.2) is 0 Å². The second-order valence-corrected chi connectivity index (χ2v) is 8.45. The van der Waals surface area contributed by atoms with Crippen molar-refractivity contribution in [2.75, 3.05) is 13.2 Å². The fourth-order valence-electron chi connectivity index (χ4n) is 4.23. The maximum absolute atomic E-state index is 13.4. The molecule has 2 saturated heterocycles. The van der Waals surface area contributed by atoms with Crippen molar-refractivity contribution in [3.63, 3.8) is 0 Å². The van der Waals surface area contributed by atoms with Gasteiger partial charge in [-0.1, -0.05) is 30.3 Å². The Labute approximate surface area is 187 Å². The maximum atomic E-state index is 13.4. The van der Waals surface area contributed by atoms with Crippen molar-refractivity contribution in [1.82, 2.24) is 20.9 Å². The van der Waals surface area contributed by atoms with E-state index in [1.54, 1.807) is 6.92 Å². The average molecular weight is 445 g/mol. The molecular formula is C23H32N4O5. The van der Waals surface area contributed by atoms with E-state index in [9.17, 15) is 19.2 Å². The second-order valence-electron chi connectivity index (χ2n) is 8.45. The quantitative estimate of drug-likeness (QED) is 0.455. The van der Waals surface area contributed by atoms with Crippen LogP contribution in [-0.2, 0) is 25.6 Å². The standard InChI is InChI=1S/C23H32N4O5/c1-15-20(29)26-18(14-16-8-3-2-4-9-16)23(32)27-12-7-11-19(27)22(31)25-17(21(30)24-15)10-5-6-13-28/h2-4,8-9,15,17-19,28H,5-7,10-14H2,1H3,(H,24,30)(H,25,31)(H,26,29)/t15-,17+,18+,19-/m1/s1. The molecule has 2 fully saturated rings. The SMILES string of the molecule is C[C@H]1NC(=O)[C@H](CCCCO)NC(=O)[C@H]2CCCN2C(=O)[C@H](Cc2ccccc2)NC1=O. The molecule has 0 aliphatic carbocycles. The van der Waals surface area contributed by atoms with Crippen LogP contribution < -0.4 is 16.0 Å². The van der Waals surface area contributed by atoms with Crippen LogP contribution in [0.2, 0.25) is 0 Å². The van der Waals surface area contributed by atoms with E-state index in [2.05, 4.69) is 16.0 Å². The summed E-state index contributed by atoms with van der Waals surface area (Å²) in [6, 6.07) is 6.14. The van der Waals surface area contributed by atoms with Crippen molar-refractivity contribution in [1.29, 1.82) is 0 Å². The molecule has 0 radical (unpaired) electrons. The number of amides is 4. The van der Waals surface area contributed by atoms with Gasteiger partial charge in [-0.15, -0.1) is 0 Å². The number of aliphatic hydroxyl groups excluding tert-OH is 1. The molecule has 4 atom stereocenters. The Bertz CT molecular complexity index is 831. The lowest BCUT2D eigenvalue weighted by Gasteiger charge is -2.32. The van der Waals surface area contributed by atoms with E-state index in [4.69, 9.17) is 5.11 Å². The van der Waals surface area contributed by atoms with Crippen molar-refractivity contribution in [2.24, 2.45) is 0 Å². The molecule has 0 bridgehead atoms. The van der Waals surface area contributed by atoms with Crippen LogP contribution in [0.25, 0.3) is 0 Å². The Morgan fingerprint density at radius 2 is 1.66 bits per heavy atom. The number of hydrogen-bond acceptors (Lipinski definition) is 5. The molecule has 3 rings (SSSR count). The van der Waals surface area contributed by atoms with Gasteiger partial charge in [0.1, 0.15) is 24.2 Å². The molecule has 0 unspecified atom stereocenters. The highest BCUT2D eigenvalue weighted by Gasteiger charge is 2.40. The summed E-state index contributed by atoms with van der Waals surface area (Å²) >= 11 is 0. The Morgan fingerprint density at radius 3 is 2.38 bits per heavy atom. The number of unbranched alkanes of at least 4 members (excludes halogenated alkanes) is 1. The fourth-order valence-corrected chi connectivity index (χ4v) is 4.23. The van der Waals surface area contributed by atoms with Crippen LogP contribution in [0.4, 0.5) is 0 Å². The molecule has 2 aliphatic rings. The van der Waals surface area contributed by atoms with Crippen LogP contribution in [0.15, 0.2) is 30.3 Å². The summed E-state index contributed by atoms with van der Waals surface area (Å²) in [5.74, 6) is -1.56. The summed E-state index contributed by atoms with van der Waals surface area (Å²) in [5.41, 5.74) is 0.888. The summed E-state index contributed by atoms with van der Waals surface area (Å²) in [7, 11) is 0. The Kier molecular flexibility index (Phi) is 8.21. The summed E-state index contributed by atoms with van der Waals surface area (Å²) < 4.78 is 0. The predicted molar refractivity (Wildman–Crippen MR) is 117 cm³/mol. The third-order valence-corrected chi connectivity index (χ3v) is 6.02. The molecular weight excluding hydrogens is 412 g/mol. The van der Waals surface area contributed by atoms with Crippen molar-refractivity contribution in [3.05, 3.63) is 35.9 Å². The van der Waals surface area contributed by atoms with Crippen LogP contribution in [0.1, 0.15) is 44.6 Å². The third kappa shape index (κ3) is 5.85. The number of nitrogens with one attached hydrogen (secondary N) is 3. The largest absolute Gasteiger partial charge is 0.396 e. The minimum atomic E-state index is -0.875. The molecule has 2 aliphatic heterocycles. The maximum Gasteiger partial charge on any atom is 0.246 e. The van der Waals surface area contributed by atoms with Crippen LogP contribution in [-0.4, -0.2) is 71.0 Å². The van der Waals surface area contributed by atoms with Gasteiger partial charge in [-0.2, -0.15) is 0 Å². The first kappa shape index (κ1) is 23.7. The normalized spacial score (nSPS) is 27.0. The number of carbonyl (C=O) groups is 4. The Hall–Kier alpha value is -2.94. The molecule has 1 aromatic rings. The molecule has 9 heteroatoms. The predicted octanol–water partition coefficient (Wildman–Crippen LogP) is -0.129. The van der Waals surface area contributed by atoms with Crippen LogP contribution in [0.3, 0.4) is 0 Å². The zero-order chi connectivity index (χ0) is 23.1. The summed E-state index contributed by atoms with van der Waals surface area (Å²) in [6.07, 6.45) is 2.86. The molecule has 0 aromatic heterocycles. The van der Waals surface area contributed by atoms with E-state index >= 15 is 0 Å². The molecule has 174 valence electrons. The Balaban J connectivity index is 1.86. The number of fused-ring (bicyclic) bond motifs is 1. The average Bonchev–Trinajstić information content (AvgIpc) is 3.27. The molecule has 4 amide bonds. The van der Waals surface area contributed by atoms with Crippen LogP contribution >= 0.6 is 0 Å². The number of nitrogens with zero attached hydrogens (tertiary/aromatic N) is 1. The van der Waals surface area contributed by atoms with Crippen LogP contribution in [0, 0.1) is 0 Å². The van der Waals surface area contributed by atoms with Gasteiger partial charge in [-0.05, 0) is 44.6 Å². The zero-order valence-electron chi connectivity index (χ0n) is 18.4. The molecule has 2 heterocycles. The molecule has 32 heavy (non-hydrogen) atoms. The number of benzene rings is 1. The van der Waals surface area contributed by atoms with Crippen molar-refractivity contribution in [2.45, 2.75) is 69.6 Å². The van der Waals surface area contributed by atoms with E-state index in [1.165, 1.54) is 4.90 Å². The number of aliphatic hydroxyl groups is 1. The first-order chi connectivity index (χ1) is 15.4. The van der Waals surface area contributed by atoms with E-state index in [1.807, 2.05) is 30.3 Å². The van der Waals surface area contributed by atoms with Gasteiger partial charge >= 0.3 is 0 Å². The van der Waals surface area contributed by atoms with Gasteiger partial charge in [0.25, 0.3) is 0 Å². The smallest absolute Gasteiger partial charge is 0.246 e. The zero-order valence-corrected chi connectivity index (χ0v) is 18.4. The van der Waals surface area contributed by atoms with Gasteiger partial charge in [0, 0.05) is 19.6 Å². The molecule has 0 spiro atoms. The summed E-state index contributed by atoms with van der Waals surface area (Å²) in [6.45, 7) is 1.97. The van der Waals surface area contributed by atoms with Gasteiger partial charge < -0.3 is 26.0 Å². The van der Waals surface area contributed by atoms with E-state index in [0.29, 0.717) is 45.1 Å². The number of hydrogen-bond donors (Lipinski definition) is 4. The van der Waals surface area contributed by atoms with E-state index in [-0.39, 0.29) is 18.4 Å². The van der Waals surface area contributed by atoms with Gasteiger partial charge in [-0.3, -0.25) is 19.2 Å². The Morgan fingerprint density at radius 1 is 0.938 bits per heavy atom. The van der Waals surface area contributed by atoms with Gasteiger partial charge in [-0.25, -0.2) is 0 Å². The fraction of sp³-hybridized carbons (Fsp3) is 0.565. The minimum absolute atomic E-state index is 0.00516. The van der Waals surface area contributed by atoms with Gasteiger partial charge in [0.2, 0.25) is 23.6 Å². The minimum Gasteiger partial charge on any atom is -0.396 e. The lowest BCUT2D eigenvalue weighted by molar-refractivity contribution is -0.143. The highest BCUT2D eigenvalue weighted by Crippen LogP contribution is 2.20. The lowest BCUT2D eigenvalue weighted by atomic mass is 10.0. The first-order valence-electron chi connectivity index (χ1n) is 11.3. The number of rotatable bonds is 6. The molecule has 9 nitrogen and oxygen atoms in total.